The summed E-state index contributed by atoms with van der Waals surface area (Å²) in [4.78, 5) is 15.8. The van der Waals surface area contributed by atoms with Crippen molar-refractivity contribution in [2.75, 3.05) is 39.3 Å². The van der Waals surface area contributed by atoms with Gasteiger partial charge in [-0.3, -0.25) is 9.69 Å². The number of aliphatic hydroxyl groups is 1. The molecule has 0 aromatic carbocycles. The normalized spacial score (nSPS) is 20.3. The Labute approximate surface area is 99.4 Å². The molecule has 1 saturated heterocycles. The highest BCUT2D eigenvalue weighted by Crippen LogP contribution is 2.11. The van der Waals surface area contributed by atoms with Gasteiger partial charge in [0.25, 0.3) is 0 Å². The van der Waals surface area contributed by atoms with Crippen LogP contribution in [-0.2, 0) is 4.79 Å². The number of nitrogens with zero attached hydrogens (tertiary/aromatic N) is 2. The van der Waals surface area contributed by atoms with Gasteiger partial charge in [-0.05, 0) is 6.42 Å². The fourth-order valence-electron chi connectivity index (χ4n) is 1.71. The molecule has 15 heavy (non-hydrogen) atoms. The van der Waals surface area contributed by atoms with Crippen molar-refractivity contribution in [3.05, 3.63) is 0 Å². The van der Waals surface area contributed by atoms with Crippen molar-refractivity contribution in [2.45, 2.75) is 18.2 Å². The number of carbonyl (C=O) groups excluding carboxylic acids is 1. The summed E-state index contributed by atoms with van der Waals surface area (Å²) in [6.45, 7) is 6.21. The van der Waals surface area contributed by atoms with Gasteiger partial charge >= 0.3 is 0 Å². The van der Waals surface area contributed by atoms with E-state index in [9.17, 15) is 4.79 Å². The highest BCUT2D eigenvalue weighted by molar-refractivity contribution is 9.10. The van der Waals surface area contributed by atoms with E-state index in [0.29, 0.717) is 6.54 Å². The standard InChI is InChI=1S/C10H19BrN2O2/c1-2-9(11)10(15)13-5-3-12(4-6-13)7-8-14/h9,14H,2-8H2,1H3. The molecule has 1 heterocycles. The second-order valence-electron chi connectivity index (χ2n) is 3.77. The number of halogens is 1. The number of amides is 1. The highest BCUT2D eigenvalue weighted by Gasteiger charge is 2.24. The molecule has 0 spiro atoms. The van der Waals surface area contributed by atoms with Gasteiger partial charge in [-0.2, -0.15) is 0 Å². The Hall–Kier alpha value is -0.130. The molecule has 0 aromatic rings. The van der Waals surface area contributed by atoms with Crippen LogP contribution in [0.3, 0.4) is 0 Å². The zero-order valence-corrected chi connectivity index (χ0v) is 10.7. The Kier molecular flexibility index (Phi) is 5.56. The zero-order chi connectivity index (χ0) is 11.3. The van der Waals surface area contributed by atoms with Crippen LogP contribution in [0.15, 0.2) is 0 Å². The molecule has 1 N–H and O–H groups in total. The fraction of sp³-hybridized carbons (Fsp3) is 0.900. The molecule has 0 bridgehead atoms. The number of piperazine rings is 1. The fourth-order valence-corrected chi connectivity index (χ4v) is 2.00. The van der Waals surface area contributed by atoms with Crippen LogP contribution in [0.25, 0.3) is 0 Å². The Morgan fingerprint density at radius 1 is 1.40 bits per heavy atom. The molecule has 0 aromatic heterocycles. The summed E-state index contributed by atoms with van der Waals surface area (Å²) in [5.74, 6) is 0.196. The van der Waals surface area contributed by atoms with E-state index in [-0.39, 0.29) is 17.3 Å². The average molecular weight is 279 g/mol. The van der Waals surface area contributed by atoms with Crippen molar-refractivity contribution in [3.8, 4) is 0 Å². The van der Waals surface area contributed by atoms with Crippen LogP contribution in [0.1, 0.15) is 13.3 Å². The third-order valence-corrected chi connectivity index (χ3v) is 3.77. The number of β-amino-alcohol motifs (C(OH)–C–C–N with tert-alkyl or cyclic N) is 1. The lowest BCUT2D eigenvalue weighted by Gasteiger charge is -2.35. The molecule has 0 radical (unpaired) electrons. The van der Waals surface area contributed by atoms with Crippen LogP contribution in [0, 0.1) is 0 Å². The molecule has 88 valence electrons. The van der Waals surface area contributed by atoms with Crippen LogP contribution >= 0.6 is 15.9 Å². The minimum atomic E-state index is -0.0399. The van der Waals surface area contributed by atoms with E-state index in [1.807, 2.05) is 11.8 Å². The first-order chi connectivity index (χ1) is 7.19. The third-order valence-electron chi connectivity index (χ3n) is 2.73. The van der Waals surface area contributed by atoms with Crippen molar-refractivity contribution < 1.29 is 9.90 Å². The Bertz CT molecular complexity index is 206. The molecule has 1 aliphatic heterocycles. The van der Waals surface area contributed by atoms with E-state index < -0.39 is 0 Å². The van der Waals surface area contributed by atoms with Gasteiger partial charge in [0.05, 0.1) is 11.4 Å². The molecular formula is C10H19BrN2O2. The second-order valence-corrected chi connectivity index (χ2v) is 4.87. The molecule has 1 fully saturated rings. The van der Waals surface area contributed by atoms with E-state index in [1.54, 1.807) is 0 Å². The first kappa shape index (κ1) is 12.9. The molecule has 5 heteroatoms. The topological polar surface area (TPSA) is 43.8 Å². The monoisotopic (exact) mass is 278 g/mol. The summed E-state index contributed by atoms with van der Waals surface area (Å²) in [6.07, 6.45) is 0.829. The number of rotatable bonds is 4. The van der Waals surface area contributed by atoms with Crippen molar-refractivity contribution in [2.24, 2.45) is 0 Å². The van der Waals surface area contributed by atoms with Crippen molar-refractivity contribution in [1.82, 2.24) is 9.80 Å². The quantitative estimate of drug-likeness (QED) is 0.753. The van der Waals surface area contributed by atoms with Gasteiger partial charge in [0.1, 0.15) is 0 Å². The third kappa shape index (κ3) is 3.74. The summed E-state index contributed by atoms with van der Waals surface area (Å²) < 4.78 is 0. The first-order valence-electron chi connectivity index (χ1n) is 5.45. The summed E-state index contributed by atoms with van der Waals surface area (Å²) in [6, 6.07) is 0. The molecule has 4 nitrogen and oxygen atoms in total. The Balaban J connectivity index is 2.33. The van der Waals surface area contributed by atoms with Gasteiger partial charge in [0.15, 0.2) is 0 Å². The number of hydrogen-bond donors (Lipinski definition) is 1. The highest BCUT2D eigenvalue weighted by atomic mass is 79.9. The minimum absolute atomic E-state index is 0.0399. The maximum Gasteiger partial charge on any atom is 0.236 e. The second kappa shape index (κ2) is 6.45. The molecule has 1 atom stereocenters. The lowest BCUT2D eigenvalue weighted by Crippen LogP contribution is -2.51. The van der Waals surface area contributed by atoms with Crippen molar-refractivity contribution >= 4 is 21.8 Å². The van der Waals surface area contributed by atoms with Crippen LogP contribution in [-0.4, -0.2) is 65.0 Å². The average Bonchev–Trinajstić information content (AvgIpc) is 2.28. The molecule has 1 amide bonds. The van der Waals surface area contributed by atoms with Gasteiger partial charge in [0.2, 0.25) is 5.91 Å². The number of alkyl halides is 1. The van der Waals surface area contributed by atoms with Gasteiger partial charge in [-0.15, -0.1) is 0 Å². The number of aliphatic hydroxyl groups excluding tert-OH is 1. The molecule has 0 aliphatic carbocycles. The summed E-state index contributed by atoms with van der Waals surface area (Å²) in [7, 11) is 0. The summed E-state index contributed by atoms with van der Waals surface area (Å²) >= 11 is 3.38. The maximum atomic E-state index is 11.8. The molecule has 1 unspecified atom stereocenters. The molecule has 1 rings (SSSR count). The van der Waals surface area contributed by atoms with E-state index in [2.05, 4.69) is 20.8 Å². The maximum absolute atomic E-state index is 11.8. The van der Waals surface area contributed by atoms with Gasteiger partial charge in [-0.1, -0.05) is 22.9 Å². The van der Waals surface area contributed by atoms with E-state index in [1.165, 1.54) is 0 Å². The van der Waals surface area contributed by atoms with Crippen LogP contribution in [0.2, 0.25) is 0 Å². The predicted molar refractivity (Wildman–Crippen MR) is 63.1 cm³/mol. The molecule has 0 saturated carbocycles. The molecular weight excluding hydrogens is 260 g/mol. The molecule has 1 aliphatic rings. The van der Waals surface area contributed by atoms with Crippen molar-refractivity contribution in [3.63, 3.8) is 0 Å². The van der Waals surface area contributed by atoms with E-state index in [4.69, 9.17) is 5.11 Å². The first-order valence-corrected chi connectivity index (χ1v) is 6.36. The van der Waals surface area contributed by atoms with Crippen molar-refractivity contribution in [1.29, 1.82) is 0 Å². The van der Waals surface area contributed by atoms with Crippen LogP contribution in [0.5, 0.6) is 0 Å². The Morgan fingerprint density at radius 2 is 2.00 bits per heavy atom. The largest absolute Gasteiger partial charge is 0.395 e. The zero-order valence-electron chi connectivity index (χ0n) is 9.15. The van der Waals surface area contributed by atoms with Gasteiger partial charge in [0, 0.05) is 32.7 Å². The van der Waals surface area contributed by atoms with Gasteiger partial charge < -0.3 is 10.0 Å². The number of carbonyl (C=O) groups is 1. The van der Waals surface area contributed by atoms with Crippen LogP contribution < -0.4 is 0 Å². The predicted octanol–water partition coefficient (Wildman–Crippen LogP) is 0.296. The van der Waals surface area contributed by atoms with E-state index >= 15 is 0 Å². The number of hydrogen-bond acceptors (Lipinski definition) is 3. The van der Waals surface area contributed by atoms with Gasteiger partial charge in [-0.25, -0.2) is 0 Å². The SMILES string of the molecule is CCC(Br)C(=O)N1CCN(CCO)CC1. The van der Waals surface area contributed by atoms with E-state index in [0.717, 1.165) is 32.6 Å². The summed E-state index contributed by atoms with van der Waals surface area (Å²) in [5, 5.41) is 8.79. The lowest BCUT2D eigenvalue weighted by molar-refractivity contribution is -0.132. The lowest BCUT2D eigenvalue weighted by atomic mass is 10.2. The summed E-state index contributed by atoms with van der Waals surface area (Å²) in [5.41, 5.74) is 0. The minimum Gasteiger partial charge on any atom is -0.395 e. The smallest absolute Gasteiger partial charge is 0.236 e. The Morgan fingerprint density at radius 3 is 2.47 bits per heavy atom. The van der Waals surface area contributed by atoms with Crippen LogP contribution in [0.4, 0.5) is 0 Å².